The minimum atomic E-state index is 0.0973. The zero-order chi connectivity index (χ0) is 12.8. The Hall–Kier alpha value is -2.01. The van der Waals surface area contributed by atoms with E-state index < -0.39 is 0 Å². The Bertz CT molecular complexity index is 506. The third kappa shape index (κ3) is 3.24. The molecular formula is C13H14N2O2S. The lowest BCUT2D eigenvalue weighted by atomic mass is 10.2. The maximum Gasteiger partial charge on any atom is 0.170 e. The summed E-state index contributed by atoms with van der Waals surface area (Å²) in [5.74, 6) is 0.876. The van der Waals surface area contributed by atoms with Crippen molar-refractivity contribution >= 4 is 17.2 Å². The Kier molecular flexibility index (Phi) is 4.20. The van der Waals surface area contributed by atoms with Gasteiger partial charge in [0, 0.05) is 16.9 Å². The van der Waals surface area contributed by atoms with Crippen LogP contribution in [0.25, 0.3) is 0 Å². The van der Waals surface area contributed by atoms with Gasteiger partial charge in [-0.2, -0.15) is 0 Å². The molecule has 18 heavy (non-hydrogen) atoms. The van der Waals surface area contributed by atoms with Gasteiger partial charge >= 0.3 is 0 Å². The maximum atomic E-state index is 8.54. The molecule has 1 heterocycles. The second-order valence-electron chi connectivity index (χ2n) is 3.69. The van der Waals surface area contributed by atoms with E-state index in [0.29, 0.717) is 12.2 Å². The molecule has 2 aromatic rings. The predicted molar refractivity (Wildman–Crippen MR) is 72.5 cm³/mol. The van der Waals surface area contributed by atoms with Crippen molar-refractivity contribution in [2.24, 2.45) is 10.9 Å². The van der Waals surface area contributed by atoms with Crippen molar-refractivity contribution in [1.29, 1.82) is 0 Å². The van der Waals surface area contributed by atoms with Gasteiger partial charge in [0.2, 0.25) is 0 Å². The van der Waals surface area contributed by atoms with Gasteiger partial charge in [0.25, 0.3) is 0 Å². The van der Waals surface area contributed by atoms with Crippen LogP contribution in [0, 0.1) is 0 Å². The number of hydrogen-bond acceptors (Lipinski definition) is 4. The molecule has 0 unspecified atom stereocenters. The molecule has 94 valence electrons. The van der Waals surface area contributed by atoms with Crippen LogP contribution in [0.2, 0.25) is 0 Å². The fourth-order valence-electron chi connectivity index (χ4n) is 1.50. The van der Waals surface area contributed by atoms with E-state index in [9.17, 15) is 0 Å². The fraction of sp³-hybridized carbons (Fsp3) is 0.154. The molecule has 0 aliphatic rings. The first-order valence-electron chi connectivity index (χ1n) is 5.53. The summed E-state index contributed by atoms with van der Waals surface area (Å²) in [5.41, 5.74) is 6.14. The molecule has 0 bridgehead atoms. The van der Waals surface area contributed by atoms with Crippen LogP contribution in [0.1, 0.15) is 10.4 Å². The summed E-state index contributed by atoms with van der Waals surface area (Å²) in [6.07, 6.45) is 0.902. The number of rotatable bonds is 5. The van der Waals surface area contributed by atoms with E-state index in [2.05, 4.69) is 16.6 Å². The third-order valence-electron chi connectivity index (χ3n) is 2.46. The molecule has 2 rings (SSSR count). The summed E-state index contributed by atoms with van der Waals surface area (Å²) >= 11 is 1.73. The highest BCUT2D eigenvalue weighted by molar-refractivity contribution is 7.09. The number of ether oxygens (including phenoxy) is 1. The molecule has 5 heteroatoms. The second kappa shape index (κ2) is 6.07. The monoisotopic (exact) mass is 262 g/mol. The summed E-state index contributed by atoms with van der Waals surface area (Å²) in [7, 11) is 0. The zero-order valence-electron chi connectivity index (χ0n) is 9.74. The number of nitrogens with zero attached hydrogens (tertiary/aromatic N) is 1. The summed E-state index contributed by atoms with van der Waals surface area (Å²) in [5, 5.41) is 13.5. The molecule has 0 aliphatic heterocycles. The van der Waals surface area contributed by atoms with Gasteiger partial charge in [-0.25, -0.2) is 0 Å². The lowest BCUT2D eigenvalue weighted by molar-refractivity contribution is 0.318. The van der Waals surface area contributed by atoms with E-state index in [1.807, 2.05) is 18.2 Å². The van der Waals surface area contributed by atoms with Gasteiger partial charge in [0.05, 0.1) is 6.61 Å². The number of thiophene rings is 1. The van der Waals surface area contributed by atoms with Crippen LogP contribution < -0.4 is 10.5 Å². The maximum absolute atomic E-state index is 8.54. The van der Waals surface area contributed by atoms with Crippen molar-refractivity contribution in [2.45, 2.75) is 6.42 Å². The molecule has 0 saturated heterocycles. The van der Waals surface area contributed by atoms with Crippen molar-refractivity contribution < 1.29 is 9.94 Å². The van der Waals surface area contributed by atoms with Gasteiger partial charge in [0.1, 0.15) is 5.75 Å². The number of oxime groups is 1. The van der Waals surface area contributed by atoms with Gasteiger partial charge in [0.15, 0.2) is 5.84 Å². The number of benzene rings is 1. The van der Waals surface area contributed by atoms with Crippen LogP contribution in [0.15, 0.2) is 46.9 Å². The van der Waals surface area contributed by atoms with Gasteiger partial charge < -0.3 is 15.7 Å². The van der Waals surface area contributed by atoms with Crippen LogP contribution >= 0.6 is 11.3 Å². The van der Waals surface area contributed by atoms with E-state index in [0.717, 1.165) is 12.2 Å². The topological polar surface area (TPSA) is 67.8 Å². The third-order valence-corrected chi connectivity index (χ3v) is 3.39. The molecule has 1 aromatic carbocycles. The van der Waals surface area contributed by atoms with Gasteiger partial charge in [-0.1, -0.05) is 11.2 Å². The lowest BCUT2D eigenvalue weighted by Crippen LogP contribution is -2.12. The molecule has 0 radical (unpaired) electrons. The van der Waals surface area contributed by atoms with Crippen molar-refractivity contribution in [1.82, 2.24) is 0 Å². The quantitative estimate of drug-likeness (QED) is 0.376. The normalized spacial score (nSPS) is 11.4. The Morgan fingerprint density at radius 2 is 2.06 bits per heavy atom. The number of hydrogen-bond donors (Lipinski definition) is 2. The average Bonchev–Trinajstić information content (AvgIpc) is 2.92. The highest BCUT2D eigenvalue weighted by atomic mass is 32.1. The molecule has 0 saturated carbocycles. The van der Waals surface area contributed by atoms with E-state index in [4.69, 9.17) is 15.7 Å². The lowest BCUT2D eigenvalue weighted by Gasteiger charge is -2.06. The summed E-state index contributed by atoms with van der Waals surface area (Å²) in [6.45, 7) is 0.642. The first-order chi connectivity index (χ1) is 8.79. The van der Waals surface area contributed by atoms with E-state index in [1.165, 1.54) is 4.88 Å². The SMILES string of the molecule is N/C(=N/O)c1ccc(OCCc2cccs2)cc1. The zero-order valence-corrected chi connectivity index (χ0v) is 10.6. The van der Waals surface area contributed by atoms with Gasteiger partial charge in [-0.3, -0.25) is 0 Å². The van der Waals surface area contributed by atoms with Crippen LogP contribution in [0.4, 0.5) is 0 Å². The smallest absolute Gasteiger partial charge is 0.170 e. The van der Waals surface area contributed by atoms with Gasteiger partial charge in [-0.05, 0) is 35.7 Å². The van der Waals surface area contributed by atoms with Crippen molar-refractivity contribution in [3.63, 3.8) is 0 Å². The number of amidine groups is 1. The summed E-state index contributed by atoms with van der Waals surface area (Å²) in [6, 6.07) is 11.3. The summed E-state index contributed by atoms with van der Waals surface area (Å²) in [4.78, 5) is 1.31. The first-order valence-corrected chi connectivity index (χ1v) is 6.40. The van der Waals surface area contributed by atoms with Crippen molar-refractivity contribution in [3.05, 3.63) is 52.2 Å². The summed E-state index contributed by atoms with van der Waals surface area (Å²) < 4.78 is 5.61. The minimum absolute atomic E-state index is 0.0973. The van der Waals surface area contributed by atoms with Crippen LogP contribution in [0.3, 0.4) is 0 Å². The Labute approximate surface area is 109 Å². The molecule has 0 atom stereocenters. The van der Waals surface area contributed by atoms with Crippen molar-refractivity contribution in [2.75, 3.05) is 6.61 Å². The Balaban J connectivity index is 1.87. The molecule has 4 nitrogen and oxygen atoms in total. The second-order valence-corrected chi connectivity index (χ2v) is 4.72. The molecule has 0 amide bonds. The molecule has 0 spiro atoms. The highest BCUT2D eigenvalue weighted by Crippen LogP contribution is 2.14. The standard InChI is InChI=1S/C13H14N2O2S/c14-13(15-16)10-3-5-11(6-4-10)17-8-7-12-2-1-9-18-12/h1-6,9,16H,7-8H2,(H2,14,15). The fourth-order valence-corrected chi connectivity index (χ4v) is 2.19. The largest absolute Gasteiger partial charge is 0.493 e. The minimum Gasteiger partial charge on any atom is -0.493 e. The van der Waals surface area contributed by atoms with E-state index >= 15 is 0 Å². The average molecular weight is 262 g/mol. The number of nitrogens with two attached hydrogens (primary N) is 1. The molecule has 3 N–H and O–H groups in total. The van der Waals surface area contributed by atoms with E-state index in [-0.39, 0.29) is 5.84 Å². The van der Waals surface area contributed by atoms with Crippen LogP contribution in [-0.2, 0) is 6.42 Å². The van der Waals surface area contributed by atoms with Crippen LogP contribution in [0.5, 0.6) is 5.75 Å². The van der Waals surface area contributed by atoms with Crippen molar-refractivity contribution in [3.8, 4) is 5.75 Å². The van der Waals surface area contributed by atoms with Gasteiger partial charge in [-0.15, -0.1) is 11.3 Å². The molecule has 0 aliphatic carbocycles. The Morgan fingerprint density at radius 1 is 1.28 bits per heavy atom. The first kappa shape index (κ1) is 12.4. The predicted octanol–water partition coefficient (Wildman–Crippen LogP) is 2.46. The molecular weight excluding hydrogens is 248 g/mol. The molecule has 0 fully saturated rings. The van der Waals surface area contributed by atoms with Crippen LogP contribution in [-0.4, -0.2) is 17.6 Å². The highest BCUT2D eigenvalue weighted by Gasteiger charge is 2.00. The Morgan fingerprint density at radius 3 is 2.67 bits per heavy atom. The van der Waals surface area contributed by atoms with E-state index in [1.54, 1.807) is 23.5 Å². The molecule has 1 aromatic heterocycles.